The highest BCUT2D eigenvalue weighted by Crippen LogP contribution is 2.29. The van der Waals surface area contributed by atoms with Gasteiger partial charge in [-0.05, 0) is 0 Å². The summed E-state index contributed by atoms with van der Waals surface area (Å²) in [4.78, 5) is 29.8. The molecule has 0 radical (unpaired) electrons. The number of benzene rings is 1. The van der Waals surface area contributed by atoms with E-state index < -0.39 is 0 Å². The summed E-state index contributed by atoms with van der Waals surface area (Å²) in [6.07, 6.45) is 1.46. The van der Waals surface area contributed by atoms with Crippen molar-refractivity contribution in [1.29, 1.82) is 0 Å². The van der Waals surface area contributed by atoms with Crippen LogP contribution in [0.15, 0.2) is 35.3 Å². The molecule has 0 fully saturated rings. The molecule has 0 saturated heterocycles. The van der Waals surface area contributed by atoms with E-state index in [1.807, 2.05) is 18.2 Å². The topological polar surface area (TPSA) is 62.8 Å². The largest absolute Gasteiger partial charge is 0.319 e. The van der Waals surface area contributed by atoms with Crippen LogP contribution in [0.3, 0.4) is 0 Å². The van der Waals surface area contributed by atoms with Crippen molar-refractivity contribution in [3.8, 4) is 11.3 Å². The van der Waals surface area contributed by atoms with E-state index in [0.717, 1.165) is 5.56 Å². The lowest BCUT2D eigenvalue weighted by Crippen LogP contribution is -2.19. The number of nitrogens with zero attached hydrogens (tertiary/aromatic N) is 1. The van der Waals surface area contributed by atoms with Crippen LogP contribution in [0.4, 0.5) is 0 Å². The Morgan fingerprint density at radius 3 is 2.69 bits per heavy atom. The van der Waals surface area contributed by atoms with E-state index in [9.17, 15) is 9.59 Å². The molecule has 1 N–H and O–H groups in total. The zero-order chi connectivity index (χ0) is 11.1. The van der Waals surface area contributed by atoms with Gasteiger partial charge in [-0.15, -0.1) is 0 Å². The lowest BCUT2D eigenvalue weighted by atomic mass is 9.91. The fraction of sp³-hybridized carbons (Fsp3) is 0.0833. The number of aromatic amines is 1. The van der Waals surface area contributed by atoms with Crippen LogP contribution in [-0.4, -0.2) is 15.8 Å². The second-order valence-electron chi connectivity index (χ2n) is 3.71. The number of nitrogens with one attached hydrogen (secondary N) is 1. The Labute approximate surface area is 91.0 Å². The van der Waals surface area contributed by atoms with Gasteiger partial charge in [0.15, 0.2) is 5.78 Å². The lowest BCUT2D eigenvalue weighted by molar-refractivity contribution is 0.0990. The first-order chi connectivity index (χ1) is 7.75. The maximum Gasteiger partial charge on any atom is 0.266 e. The second kappa shape index (κ2) is 3.13. The van der Waals surface area contributed by atoms with Crippen LogP contribution < -0.4 is 5.56 Å². The third-order valence-electron chi connectivity index (χ3n) is 2.70. The second-order valence-corrected chi connectivity index (χ2v) is 3.71. The number of Topliss-reactive ketones (excluding diaryl/α,β-unsaturated/α-hetero) is 1. The lowest BCUT2D eigenvalue weighted by Gasteiger charge is -2.16. The Bertz CT molecular complexity index is 643. The Morgan fingerprint density at radius 2 is 1.88 bits per heavy atom. The molecule has 1 aliphatic rings. The molecule has 2 aromatic rings. The summed E-state index contributed by atoms with van der Waals surface area (Å²) >= 11 is 0. The number of ketones is 1. The van der Waals surface area contributed by atoms with Gasteiger partial charge in [-0.25, -0.2) is 0 Å². The first-order valence-corrected chi connectivity index (χ1v) is 4.96. The van der Waals surface area contributed by atoms with Crippen LogP contribution in [0, 0.1) is 0 Å². The highest BCUT2D eigenvalue weighted by atomic mass is 16.1. The van der Waals surface area contributed by atoms with Gasteiger partial charge in [0.25, 0.3) is 5.56 Å². The van der Waals surface area contributed by atoms with E-state index in [1.54, 1.807) is 6.07 Å². The maximum atomic E-state index is 11.8. The standard InChI is InChI=1S/C12H8N2O2/c15-10-5-9-12(14-11(16)6-13-9)8-4-2-1-3-7(8)10/h1-4,6H,5H2,(H,14,16). The summed E-state index contributed by atoms with van der Waals surface area (Å²) in [7, 11) is 0. The van der Waals surface area contributed by atoms with Gasteiger partial charge in [0.2, 0.25) is 0 Å². The number of rotatable bonds is 0. The summed E-state index contributed by atoms with van der Waals surface area (Å²) in [6, 6.07) is 7.25. The van der Waals surface area contributed by atoms with Gasteiger partial charge in [-0.2, -0.15) is 0 Å². The van der Waals surface area contributed by atoms with Gasteiger partial charge < -0.3 is 4.98 Å². The van der Waals surface area contributed by atoms with E-state index in [2.05, 4.69) is 9.97 Å². The molecule has 0 unspecified atom stereocenters. The molecule has 1 aliphatic carbocycles. The number of H-pyrrole nitrogens is 1. The molecular formula is C12H8N2O2. The average molecular weight is 212 g/mol. The van der Waals surface area contributed by atoms with Crippen molar-refractivity contribution in [3.63, 3.8) is 0 Å². The molecule has 0 saturated carbocycles. The number of carbonyl (C=O) groups is 1. The Balaban J connectivity index is 2.38. The van der Waals surface area contributed by atoms with Gasteiger partial charge in [0.05, 0.1) is 24.0 Å². The zero-order valence-corrected chi connectivity index (χ0v) is 8.36. The van der Waals surface area contributed by atoms with Crippen LogP contribution >= 0.6 is 0 Å². The van der Waals surface area contributed by atoms with Crippen molar-refractivity contribution >= 4 is 5.78 Å². The molecule has 4 heteroatoms. The van der Waals surface area contributed by atoms with Crippen LogP contribution in [0.5, 0.6) is 0 Å². The number of fused-ring (bicyclic) bond motifs is 3. The average Bonchev–Trinajstić information content (AvgIpc) is 2.31. The fourth-order valence-electron chi connectivity index (χ4n) is 1.98. The monoisotopic (exact) mass is 212 g/mol. The SMILES string of the molecule is O=C1Cc2ncc(=O)[nH]c2-c2ccccc21. The van der Waals surface area contributed by atoms with Crippen LogP contribution in [-0.2, 0) is 6.42 Å². The fourth-order valence-corrected chi connectivity index (χ4v) is 1.98. The predicted molar refractivity (Wildman–Crippen MR) is 58.3 cm³/mol. The molecular weight excluding hydrogens is 204 g/mol. The molecule has 16 heavy (non-hydrogen) atoms. The minimum Gasteiger partial charge on any atom is -0.319 e. The molecule has 3 rings (SSSR count). The molecule has 0 spiro atoms. The highest BCUT2D eigenvalue weighted by molar-refractivity contribution is 6.06. The van der Waals surface area contributed by atoms with Crippen molar-refractivity contribution in [3.05, 3.63) is 52.1 Å². The first-order valence-electron chi connectivity index (χ1n) is 4.96. The van der Waals surface area contributed by atoms with Crippen LogP contribution in [0.1, 0.15) is 16.1 Å². The maximum absolute atomic E-state index is 11.8. The minimum atomic E-state index is -0.247. The highest BCUT2D eigenvalue weighted by Gasteiger charge is 2.23. The molecule has 78 valence electrons. The third kappa shape index (κ3) is 1.20. The summed E-state index contributed by atoms with van der Waals surface area (Å²) in [5.74, 6) is 0.0441. The molecule has 0 amide bonds. The van der Waals surface area contributed by atoms with Crippen molar-refractivity contribution in [2.24, 2.45) is 0 Å². The van der Waals surface area contributed by atoms with E-state index in [4.69, 9.17) is 0 Å². The van der Waals surface area contributed by atoms with Crippen molar-refractivity contribution in [2.45, 2.75) is 6.42 Å². The van der Waals surface area contributed by atoms with Crippen molar-refractivity contribution in [1.82, 2.24) is 9.97 Å². The smallest absolute Gasteiger partial charge is 0.266 e. The normalized spacial score (nSPS) is 13.1. The third-order valence-corrected chi connectivity index (χ3v) is 2.70. The molecule has 0 atom stereocenters. The molecule has 1 aromatic heterocycles. The van der Waals surface area contributed by atoms with Gasteiger partial charge >= 0.3 is 0 Å². The van der Waals surface area contributed by atoms with Crippen molar-refractivity contribution < 1.29 is 4.79 Å². The molecule has 0 bridgehead atoms. The summed E-state index contributed by atoms with van der Waals surface area (Å²) in [5, 5.41) is 0. The Hall–Kier alpha value is -2.23. The van der Waals surface area contributed by atoms with E-state index >= 15 is 0 Å². The van der Waals surface area contributed by atoms with E-state index in [0.29, 0.717) is 17.0 Å². The number of carbonyl (C=O) groups excluding carboxylic acids is 1. The molecule has 0 aliphatic heterocycles. The molecule has 1 heterocycles. The van der Waals surface area contributed by atoms with Crippen LogP contribution in [0.25, 0.3) is 11.3 Å². The summed E-state index contributed by atoms with van der Waals surface area (Å²) in [6.45, 7) is 0. The predicted octanol–water partition coefficient (Wildman–Crippen LogP) is 1.18. The van der Waals surface area contributed by atoms with Gasteiger partial charge in [0, 0.05) is 11.1 Å². The summed E-state index contributed by atoms with van der Waals surface area (Å²) in [5.41, 5.74) is 2.48. The van der Waals surface area contributed by atoms with Crippen molar-refractivity contribution in [2.75, 3.05) is 0 Å². The number of aromatic nitrogens is 2. The van der Waals surface area contributed by atoms with Gasteiger partial charge in [-0.1, -0.05) is 24.3 Å². The minimum absolute atomic E-state index is 0.0441. The van der Waals surface area contributed by atoms with Crippen LogP contribution in [0.2, 0.25) is 0 Å². The van der Waals surface area contributed by atoms with E-state index in [-0.39, 0.29) is 17.8 Å². The first kappa shape index (κ1) is 9.03. The quantitative estimate of drug-likeness (QED) is 0.713. The Morgan fingerprint density at radius 1 is 1.12 bits per heavy atom. The zero-order valence-electron chi connectivity index (χ0n) is 8.36. The summed E-state index contributed by atoms with van der Waals surface area (Å²) < 4.78 is 0. The Kier molecular flexibility index (Phi) is 1.77. The van der Waals surface area contributed by atoms with Gasteiger partial charge in [0.1, 0.15) is 0 Å². The van der Waals surface area contributed by atoms with Gasteiger partial charge in [-0.3, -0.25) is 14.6 Å². The number of hydrogen-bond acceptors (Lipinski definition) is 3. The van der Waals surface area contributed by atoms with E-state index in [1.165, 1.54) is 6.20 Å². The molecule has 4 nitrogen and oxygen atoms in total. The molecule has 1 aromatic carbocycles. The number of hydrogen-bond donors (Lipinski definition) is 1.